The van der Waals surface area contributed by atoms with Gasteiger partial charge in [-0.2, -0.15) is 0 Å². The molecule has 0 aromatic heterocycles. The number of rotatable bonds is 2. The van der Waals surface area contributed by atoms with E-state index < -0.39 is 5.97 Å². The molecular weight excluding hydrogens is 251 g/mol. The maximum Gasteiger partial charge on any atom is 0.328 e. The summed E-state index contributed by atoms with van der Waals surface area (Å²) in [6.07, 6.45) is 2.31. The summed E-state index contributed by atoms with van der Waals surface area (Å²) >= 11 is 3.06. The van der Waals surface area contributed by atoms with E-state index >= 15 is 0 Å². The summed E-state index contributed by atoms with van der Waals surface area (Å²) in [4.78, 5) is 10.2. The van der Waals surface area contributed by atoms with Gasteiger partial charge in [-0.3, -0.25) is 0 Å². The summed E-state index contributed by atoms with van der Waals surface area (Å²) in [7, 11) is 0. The van der Waals surface area contributed by atoms with E-state index in [9.17, 15) is 9.18 Å². The average Bonchev–Trinajstić information content (AvgIpc) is 2.13. The Bertz CT molecular complexity index is 399. The first-order valence-electron chi connectivity index (χ1n) is 3.88. The van der Waals surface area contributed by atoms with E-state index in [1.165, 1.54) is 6.08 Å². The molecule has 0 saturated carbocycles. The third kappa shape index (κ3) is 2.42. The Morgan fingerprint density at radius 2 is 2.21 bits per heavy atom. The van der Waals surface area contributed by atoms with Crippen LogP contribution >= 0.6 is 15.9 Å². The van der Waals surface area contributed by atoms with Gasteiger partial charge < -0.3 is 5.11 Å². The normalized spacial score (nSPS) is 10.8. The van der Waals surface area contributed by atoms with Crippen LogP contribution in [-0.2, 0) is 4.79 Å². The molecule has 1 aromatic carbocycles. The quantitative estimate of drug-likeness (QED) is 0.829. The zero-order valence-corrected chi connectivity index (χ0v) is 9.01. The zero-order valence-electron chi connectivity index (χ0n) is 7.42. The van der Waals surface area contributed by atoms with Crippen molar-refractivity contribution in [3.8, 4) is 0 Å². The highest BCUT2D eigenvalue weighted by Crippen LogP contribution is 2.24. The Kier molecular flexibility index (Phi) is 3.41. The Morgan fingerprint density at radius 1 is 1.57 bits per heavy atom. The van der Waals surface area contributed by atoms with Crippen molar-refractivity contribution in [1.29, 1.82) is 0 Å². The molecular formula is C10H8BrFO2. The smallest absolute Gasteiger partial charge is 0.328 e. The minimum absolute atomic E-state index is 0.287. The number of hydrogen-bond acceptors (Lipinski definition) is 1. The molecule has 0 heterocycles. The third-order valence-electron chi connectivity index (χ3n) is 1.71. The topological polar surface area (TPSA) is 37.3 Å². The Labute approximate surface area is 89.2 Å². The van der Waals surface area contributed by atoms with Crippen molar-refractivity contribution in [2.45, 2.75) is 6.92 Å². The highest BCUT2D eigenvalue weighted by molar-refractivity contribution is 9.10. The fraction of sp³-hybridized carbons (Fsp3) is 0.100. The molecule has 0 bridgehead atoms. The molecule has 0 saturated heterocycles. The summed E-state index contributed by atoms with van der Waals surface area (Å²) < 4.78 is 13.6. The fourth-order valence-corrected chi connectivity index (χ4v) is 1.53. The molecule has 1 rings (SSSR count). The number of carboxylic acid groups (broad SMARTS) is 1. The predicted molar refractivity (Wildman–Crippen MR) is 55.5 cm³/mol. The van der Waals surface area contributed by atoms with Crippen LogP contribution in [-0.4, -0.2) is 11.1 Å². The molecule has 4 heteroatoms. The number of hydrogen-bond donors (Lipinski definition) is 1. The molecule has 0 fully saturated rings. The van der Waals surface area contributed by atoms with Crippen LogP contribution in [0.5, 0.6) is 0 Å². The summed E-state index contributed by atoms with van der Waals surface area (Å²) in [5.41, 5.74) is 1.03. The first-order valence-corrected chi connectivity index (χ1v) is 4.67. The molecule has 74 valence electrons. The molecule has 2 nitrogen and oxygen atoms in total. The first kappa shape index (κ1) is 10.9. The highest BCUT2D eigenvalue weighted by Gasteiger charge is 2.06. The summed E-state index contributed by atoms with van der Waals surface area (Å²) in [5, 5.41) is 8.39. The second kappa shape index (κ2) is 4.37. The van der Waals surface area contributed by atoms with Crippen LogP contribution in [0.1, 0.15) is 11.1 Å². The molecule has 1 N–H and O–H groups in total. The third-order valence-corrected chi connectivity index (χ3v) is 2.52. The zero-order chi connectivity index (χ0) is 10.7. The van der Waals surface area contributed by atoms with Crippen LogP contribution in [0.25, 0.3) is 6.08 Å². The standard InChI is InChI=1S/C10H8BrFO2/c1-6-2-3-7(4-5-8(13)14)9(11)10(6)12/h2-5H,1H3,(H,13,14)/b5-4+. The minimum atomic E-state index is -1.06. The maximum atomic E-state index is 13.3. The van der Waals surface area contributed by atoms with Crippen molar-refractivity contribution in [2.75, 3.05) is 0 Å². The van der Waals surface area contributed by atoms with Crippen LogP contribution in [0.4, 0.5) is 4.39 Å². The highest BCUT2D eigenvalue weighted by atomic mass is 79.9. The van der Waals surface area contributed by atoms with Gasteiger partial charge in [0.25, 0.3) is 0 Å². The van der Waals surface area contributed by atoms with E-state index in [-0.39, 0.29) is 10.3 Å². The van der Waals surface area contributed by atoms with Crippen LogP contribution in [0.3, 0.4) is 0 Å². The van der Waals surface area contributed by atoms with Gasteiger partial charge in [0.05, 0.1) is 4.47 Å². The molecule has 0 unspecified atom stereocenters. The molecule has 0 aliphatic heterocycles. The van der Waals surface area contributed by atoms with Crippen LogP contribution in [0, 0.1) is 12.7 Å². The number of benzene rings is 1. The van der Waals surface area contributed by atoms with Gasteiger partial charge in [0.15, 0.2) is 0 Å². The lowest BCUT2D eigenvalue weighted by Gasteiger charge is -2.02. The summed E-state index contributed by atoms with van der Waals surface area (Å²) in [5.74, 6) is -1.42. The molecule has 1 aromatic rings. The van der Waals surface area contributed by atoms with E-state index in [2.05, 4.69) is 15.9 Å². The molecule has 0 atom stereocenters. The predicted octanol–water partition coefficient (Wildman–Crippen LogP) is 2.99. The van der Waals surface area contributed by atoms with Gasteiger partial charge in [-0.1, -0.05) is 12.1 Å². The van der Waals surface area contributed by atoms with Crippen LogP contribution in [0.2, 0.25) is 0 Å². The van der Waals surface area contributed by atoms with Crippen molar-refractivity contribution in [3.05, 3.63) is 39.6 Å². The molecule has 0 aliphatic rings. The number of carboxylic acids is 1. The second-order valence-corrected chi connectivity index (χ2v) is 3.56. The largest absolute Gasteiger partial charge is 0.478 e. The Balaban J connectivity index is 3.12. The number of aliphatic carboxylic acids is 1. The first-order chi connectivity index (χ1) is 6.52. The van der Waals surface area contributed by atoms with E-state index in [0.717, 1.165) is 6.08 Å². The van der Waals surface area contributed by atoms with Gasteiger partial charge in [-0.25, -0.2) is 9.18 Å². The number of halogens is 2. The molecule has 0 spiro atoms. The fourth-order valence-electron chi connectivity index (χ4n) is 0.951. The van der Waals surface area contributed by atoms with Gasteiger partial charge in [0.2, 0.25) is 0 Å². The number of carbonyl (C=O) groups is 1. The lowest BCUT2D eigenvalue weighted by Crippen LogP contribution is -1.89. The van der Waals surface area contributed by atoms with Crippen molar-refractivity contribution in [3.63, 3.8) is 0 Å². The van der Waals surface area contributed by atoms with Gasteiger partial charge in [0.1, 0.15) is 5.82 Å². The molecule has 0 radical (unpaired) electrons. The number of aryl methyl sites for hydroxylation is 1. The van der Waals surface area contributed by atoms with Crippen molar-refractivity contribution in [2.24, 2.45) is 0 Å². The van der Waals surface area contributed by atoms with Gasteiger partial charge in [-0.05, 0) is 40.1 Å². The molecule has 0 amide bonds. The minimum Gasteiger partial charge on any atom is -0.478 e. The maximum absolute atomic E-state index is 13.3. The Hall–Kier alpha value is -1.16. The lowest BCUT2D eigenvalue weighted by molar-refractivity contribution is -0.131. The second-order valence-electron chi connectivity index (χ2n) is 2.77. The SMILES string of the molecule is Cc1ccc(/C=C/C(=O)O)c(Br)c1F. The van der Waals surface area contributed by atoms with Crippen molar-refractivity contribution >= 4 is 28.0 Å². The Morgan fingerprint density at radius 3 is 2.79 bits per heavy atom. The van der Waals surface area contributed by atoms with Gasteiger partial charge in [0, 0.05) is 6.08 Å². The summed E-state index contributed by atoms with van der Waals surface area (Å²) in [6, 6.07) is 3.25. The van der Waals surface area contributed by atoms with E-state index in [1.54, 1.807) is 19.1 Å². The summed E-state index contributed by atoms with van der Waals surface area (Å²) in [6.45, 7) is 1.64. The van der Waals surface area contributed by atoms with Crippen molar-refractivity contribution in [1.82, 2.24) is 0 Å². The average molecular weight is 259 g/mol. The van der Waals surface area contributed by atoms with Crippen LogP contribution < -0.4 is 0 Å². The van der Waals surface area contributed by atoms with Gasteiger partial charge in [-0.15, -0.1) is 0 Å². The van der Waals surface area contributed by atoms with E-state index in [1.807, 2.05) is 0 Å². The van der Waals surface area contributed by atoms with Gasteiger partial charge >= 0.3 is 5.97 Å². The van der Waals surface area contributed by atoms with Crippen LogP contribution in [0.15, 0.2) is 22.7 Å². The van der Waals surface area contributed by atoms with Crippen molar-refractivity contribution < 1.29 is 14.3 Å². The molecule has 0 aliphatic carbocycles. The molecule has 14 heavy (non-hydrogen) atoms. The monoisotopic (exact) mass is 258 g/mol. The van der Waals surface area contributed by atoms with E-state index in [4.69, 9.17) is 5.11 Å². The van der Waals surface area contributed by atoms with E-state index in [0.29, 0.717) is 11.1 Å². The lowest BCUT2D eigenvalue weighted by atomic mass is 10.1.